The molecular formula is C6H11FO4. The quantitative estimate of drug-likeness (QED) is 0.440. The van der Waals surface area contributed by atoms with Gasteiger partial charge in [0.25, 0.3) is 0 Å². The Labute approximate surface area is 63.2 Å². The highest BCUT2D eigenvalue weighted by Crippen LogP contribution is 2.15. The van der Waals surface area contributed by atoms with Gasteiger partial charge >= 0.3 is 0 Å². The lowest BCUT2D eigenvalue weighted by Crippen LogP contribution is -2.53. The second kappa shape index (κ2) is 3.44. The van der Waals surface area contributed by atoms with Crippen LogP contribution in [0.1, 0.15) is 0 Å². The van der Waals surface area contributed by atoms with Gasteiger partial charge < -0.3 is 20.1 Å². The average molecular weight is 166 g/mol. The molecule has 0 radical (unpaired) electrons. The third-order valence-corrected chi connectivity index (χ3v) is 1.76. The zero-order valence-corrected chi connectivity index (χ0v) is 5.85. The lowest BCUT2D eigenvalue weighted by atomic mass is 10.0. The van der Waals surface area contributed by atoms with E-state index in [9.17, 15) is 4.39 Å². The van der Waals surface area contributed by atoms with Crippen molar-refractivity contribution in [3.63, 3.8) is 0 Å². The molecule has 0 aliphatic carbocycles. The number of aliphatic hydroxyl groups is 3. The first-order valence-electron chi connectivity index (χ1n) is 3.38. The van der Waals surface area contributed by atoms with E-state index in [1.54, 1.807) is 0 Å². The number of halogens is 1. The van der Waals surface area contributed by atoms with Crippen LogP contribution in [0.25, 0.3) is 0 Å². The van der Waals surface area contributed by atoms with Gasteiger partial charge in [-0.25, -0.2) is 4.39 Å². The number of hydrogen-bond acceptors (Lipinski definition) is 4. The van der Waals surface area contributed by atoms with E-state index >= 15 is 0 Å². The molecule has 1 rings (SSSR count). The minimum atomic E-state index is -1.33. The molecule has 2 unspecified atom stereocenters. The van der Waals surface area contributed by atoms with Crippen LogP contribution in [-0.4, -0.2) is 53.0 Å². The maximum atomic E-state index is 12.0. The largest absolute Gasteiger partial charge is 0.388 e. The summed E-state index contributed by atoms with van der Waals surface area (Å²) in [5, 5.41) is 26.9. The topological polar surface area (TPSA) is 69.9 Å². The van der Waals surface area contributed by atoms with Gasteiger partial charge in [-0.3, -0.25) is 0 Å². The molecule has 1 saturated heterocycles. The Kier molecular flexibility index (Phi) is 2.78. The zero-order chi connectivity index (χ0) is 8.43. The Morgan fingerprint density at radius 2 is 1.91 bits per heavy atom. The van der Waals surface area contributed by atoms with Crippen LogP contribution in [0.3, 0.4) is 0 Å². The minimum absolute atomic E-state index is 0.132. The Morgan fingerprint density at radius 3 is 2.45 bits per heavy atom. The fourth-order valence-electron chi connectivity index (χ4n) is 1.00. The minimum Gasteiger partial charge on any atom is -0.388 e. The van der Waals surface area contributed by atoms with Gasteiger partial charge in [-0.05, 0) is 0 Å². The van der Waals surface area contributed by atoms with Crippen LogP contribution in [0.15, 0.2) is 0 Å². The smallest absolute Gasteiger partial charge is 0.118 e. The standard InChI is InChI=1S/C6H11FO4/c7-1-4-6(10)5(9)3(8)2-11-4/h3-6,8-10H,1-2H2/t3-,4?,5?,6+/m0/s1. The molecule has 4 atom stereocenters. The number of ether oxygens (including phenoxy) is 1. The molecule has 0 aromatic carbocycles. The van der Waals surface area contributed by atoms with Crippen LogP contribution in [0, 0.1) is 0 Å². The van der Waals surface area contributed by atoms with Crippen LogP contribution in [0.2, 0.25) is 0 Å². The highest BCUT2D eigenvalue weighted by molar-refractivity contribution is 4.85. The molecule has 0 aromatic rings. The molecule has 0 spiro atoms. The van der Waals surface area contributed by atoms with E-state index in [2.05, 4.69) is 4.74 Å². The number of alkyl halides is 1. The Hall–Kier alpha value is -0.230. The van der Waals surface area contributed by atoms with Crippen LogP contribution < -0.4 is 0 Å². The first kappa shape index (κ1) is 8.86. The van der Waals surface area contributed by atoms with Gasteiger partial charge in [0.1, 0.15) is 31.1 Å². The number of rotatable bonds is 1. The van der Waals surface area contributed by atoms with Gasteiger partial charge in [0.2, 0.25) is 0 Å². The molecule has 1 aliphatic heterocycles. The molecule has 0 aromatic heterocycles. The van der Waals surface area contributed by atoms with Crippen LogP contribution in [-0.2, 0) is 4.74 Å². The summed E-state index contributed by atoms with van der Waals surface area (Å²) in [6, 6.07) is 0. The van der Waals surface area contributed by atoms with Gasteiger partial charge in [0.15, 0.2) is 0 Å². The Balaban J connectivity index is 2.52. The monoisotopic (exact) mass is 166 g/mol. The Bertz CT molecular complexity index is 130. The van der Waals surface area contributed by atoms with Crippen molar-refractivity contribution in [1.82, 2.24) is 0 Å². The normalized spacial score (nSPS) is 45.8. The van der Waals surface area contributed by atoms with Crippen molar-refractivity contribution in [2.75, 3.05) is 13.3 Å². The van der Waals surface area contributed by atoms with E-state index in [0.717, 1.165) is 0 Å². The van der Waals surface area contributed by atoms with Crippen molar-refractivity contribution in [2.45, 2.75) is 24.4 Å². The lowest BCUT2D eigenvalue weighted by molar-refractivity contribution is -0.190. The summed E-state index contributed by atoms with van der Waals surface area (Å²) >= 11 is 0. The van der Waals surface area contributed by atoms with Crippen molar-refractivity contribution >= 4 is 0 Å². The third kappa shape index (κ3) is 1.67. The molecule has 0 saturated carbocycles. The molecule has 1 fully saturated rings. The fraction of sp³-hybridized carbons (Fsp3) is 1.00. The number of hydrogen-bond donors (Lipinski definition) is 3. The second-order valence-corrected chi connectivity index (χ2v) is 2.57. The van der Waals surface area contributed by atoms with Crippen molar-refractivity contribution in [1.29, 1.82) is 0 Å². The first-order valence-corrected chi connectivity index (χ1v) is 3.38. The highest BCUT2D eigenvalue weighted by atomic mass is 19.1. The highest BCUT2D eigenvalue weighted by Gasteiger charge is 2.37. The van der Waals surface area contributed by atoms with Gasteiger partial charge in [-0.2, -0.15) is 0 Å². The van der Waals surface area contributed by atoms with Crippen LogP contribution >= 0.6 is 0 Å². The summed E-state index contributed by atoms with van der Waals surface area (Å²) in [5.41, 5.74) is 0. The van der Waals surface area contributed by atoms with E-state index in [-0.39, 0.29) is 6.61 Å². The summed E-state index contributed by atoms with van der Waals surface area (Å²) in [6.45, 7) is -0.988. The summed E-state index contributed by atoms with van der Waals surface area (Å²) < 4.78 is 16.6. The maximum absolute atomic E-state index is 12.0. The number of aliphatic hydroxyl groups excluding tert-OH is 3. The van der Waals surface area contributed by atoms with Crippen LogP contribution in [0.4, 0.5) is 4.39 Å². The molecule has 0 amide bonds. The first-order chi connectivity index (χ1) is 5.16. The maximum Gasteiger partial charge on any atom is 0.118 e. The Morgan fingerprint density at radius 1 is 1.27 bits per heavy atom. The fourth-order valence-corrected chi connectivity index (χ4v) is 1.00. The molecular weight excluding hydrogens is 155 g/mol. The SMILES string of the molecule is OC1[C@H](O)C(CF)OC[C@@H]1O. The average Bonchev–Trinajstić information content (AvgIpc) is 2.01. The van der Waals surface area contributed by atoms with Crippen LogP contribution in [0.5, 0.6) is 0 Å². The molecule has 4 nitrogen and oxygen atoms in total. The predicted molar refractivity (Wildman–Crippen MR) is 33.7 cm³/mol. The summed E-state index contributed by atoms with van der Waals surface area (Å²) in [7, 11) is 0. The predicted octanol–water partition coefficient (Wildman–Crippen LogP) is -1.56. The molecule has 5 heteroatoms. The second-order valence-electron chi connectivity index (χ2n) is 2.57. The molecule has 0 bridgehead atoms. The molecule has 1 heterocycles. The molecule has 66 valence electrons. The summed E-state index contributed by atoms with van der Waals surface area (Å²) in [4.78, 5) is 0. The van der Waals surface area contributed by atoms with Gasteiger partial charge in [0, 0.05) is 0 Å². The molecule has 11 heavy (non-hydrogen) atoms. The summed E-state index contributed by atoms with van der Waals surface area (Å²) in [6.07, 6.45) is -4.76. The van der Waals surface area contributed by atoms with Gasteiger partial charge in [-0.15, -0.1) is 0 Å². The molecule has 1 aliphatic rings. The van der Waals surface area contributed by atoms with Crippen molar-refractivity contribution in [2.24, 2.45) is 0 Å². The third-order valence-electron chi connectivity index (χ3n) is 1.76. The molecule has 3 N–H and O–H groups in total. The van der Waals surface area contributed by atoms with E-state index in [1.807, 2.05) is 0 Å². The zero-order valence-electron chi connectivity index (χ0n) is 5.85. The van der Waals surface area contributed by atoms with Crippen molar-refractivity contribution < 1.29 is 24.4 Å². The van der Waals surface area contributed by atoms with E-state index in [1.165, 1.54) is 0 Å². The lowest BCUT2D eigenvalue weighted by Gasteiger charge is -2.33. The van der Waals surface area contributed by atoms with E-state index in [0.29, 0.717) is 0 Å². The van der Waals surface area contributed by atoms with Crippen molar-refractivity contribution in [3.05, 3.63) is 0 Å². The van der Waals surface area contributed by atoms with E-state index < -0.39 is 31.1 Å². The van der Waals surface area contributed by atoms with Crippen molar-refractivity contribution in [3.8, 4) is 0 Å². The van der Waals surface area contributed by atoms with E-state index in [4.69, 9.17) is 15.3 Å². The van der Waals surface area contributed by atoms with Gasteiger partial charge in [-0.1, -0.05) is 0 Å². The summed E-state index contributed by atoms with van der Waals surface area (Å²) in [5.74, 6) is 0. The van der Waals surface area contributed by atoms with Gasteiger partial charge in [0.05, 0.1) is 6.61 Å².